The molecule has 0 bridgehead atoms. The average molecular weight is 499 g/mol. The molecule has 36 heavy (non-hydrogen) atoms. The molecule has 0 atom stereocenters. The zero-order valence-corrected chi connectivity index (χ0v) is 20.6. The summed E-state index contributed by atoms with van der Waals surface area (Å²) in [4.78, 5) is 0. The van der Waals surface area contributed by atoms with E-state index >= 15 is 0 Å². The first-order chi connectivity index (χ1) is 17.9. The first kappa shape index (κ1) is 20.0. The van der Waals surface area contributed by atoms with Gasteiger partial charge in [-0.05, 0) is 24.3 Å². The number of aromatic nitrogens is 4. The second kappa shape index (κ2) is 7.62. The van der Waals surface area contributed by atoms with Gasteiger partial charge in [-0.2, -0.15) is 0 Å². The van der Waals surface area contributed by atoms with Crippen LogP contribution in [0.4, 0.5) is 0 Å². The van der Waals surface area contributed by atoms with Gasteiger partial charge in [0.25, 0.3) is 0 Å². The van der Waals surface area contributed by atoms with E-state index in [4.69, 9.17) is 10.2 Å². The zero-order chi connectivity index (χ0) is 23.6. The fraction of sp³-hybridized carbons (Fsp3) is 0. The van der Waals surface area contributed by atoms with Gasteiger partial charge in [0.1, 0.15) is 0 Å². The van der Waals surface area contributed by atoms with Crippen LogP contribution >= 0.6 is 22.7 Å². The van der Waals surface area contributed by atoms with E-state index in [-0.39, 0.29) is 0 Å². The molecular weight excluding hydrogens is 480 g/mol. The second-order valence-corrected chi connectivity index (χ2v) is 11.1. The molecule has 0 saturated heterocycles. The van der Waals surface area contributed by atoms with Crippen LogP contribution in [0.3, 0.4) is 0 Å². The normalized spacial score (nSPS) is 11.9. The highest BCUT2D eigenvalue weighted by Crippen LogP contribution is 2.48. The molecule has 0 saturated carbocycles. The Balaban J connectivity index is 1.56. The lowest BCUT2D eigenvalue weighted by atomic mass is 10.2. The van der Waals surface area contributed by atoms with Crippen LogP contribution in [0.25, 0.3) is 63.6 Å². The molecule has 4 nitrogen and oxygen atoms in total. The third-order valence-electron chi connectivity index (χ3n) is 6.72. The van der Waals surface area contributed by atoms with E-state index in [2.05, 4.69) is 94.1 Å². The van der Waals surface area contributed by atoms with E-state index in [1.54, 1.807) is 0 Å². The molecule has 0 aliphatic carbocycles. The van der Waals surface area contributed by atoms with E-state index in [0.29, 0.717) is 0 Å². The lowest BCUT2D eigenvalue weighted by Crippen LogP contribution is -2.06. The maximum atomic E-state index is 4.85. The van der Waals surface area contributed by atoms with Crippen LogP contribution in [0.2, 0.25) is 0 Å². The molecule has 8 rings (SSSR count). The second-order valence-electron chi connectivity index (χ2n) is 8.75. The van der Waals surface area contributed by atoms with Gasteiger partial charge in [-0.25, -0.2) is 0 Å². The summed E-state index contributed by atoms with van der Waals surface area (Å²) in [5, 5.41) is 13.4. The molecule has 170 valence electrons. The van der Waals surface area contributed by atoms with Crippen molar-refractivity contribution in [3.63, 3.8) is 0 Å². The van der Waals surface area contributed by atoms with Crippen LogP contribution in [0.1, 0.15) is 0 Å². The van der Waals surface area contributed by atoms with Crippen molar-refractivity contribution in [2.45, 2.75) is 0 Å². The van der Waals surface area contributed by atoms with Crippen molar-refractivity contribution in [3.8, 4) is 23.0 Å². The van der Waals surface area contributed by atoms with Gasteiger partial charge in [0, 0.05) is 26.4 Å². The number of rotatable bonds is 3. The quantitative estimate of drug-likeness (QED) is 0.245. The highest BCUT2D eigenvalue weighted by Gasteiger charge is 2.25. The molecule has 0 unspecified atom stereocenters. The third-order valence-corrected chi connectivity index (χ3v) is 9.19. The zero-order valence-electron chi connectivity index (χ0n) is 19.0. The minimum Gasteiger partial charge on any atom is -0.276 e. The third kappa shape index (κ3) is 2.74. The number of fused-ring (bicyclic) bond motifs is 7. The van der Waals surface area contributed by atoms with Crippen LogP contribution < -0.4 is 0 Å². The Morgan fingerprint density at radius 1 is 0.583 bits per heavy atom. The maximum Gasteiger partial charge on any atom is 0.241 e. The van der Waals surface area contributed by atoms with Gasteiger partial charge in [-0.3, -0.25) is 9.13 Å². The van der Waals surface area contributed by atoms with Gasteiger partial charge < -0.3 is 0 Å². The first-order valence-corrected chi connectivity index (χ1v) is 13.4. The van der Waals surface area contributed by atoms with Crippen molar-refractivity contribution in [2.75, 3.05) is 0 Å². The molecule has 6 heteroatoms. The van der Waals surface area contributed by atoms with Gasteiger partial charge in [0.15, 0.2) is 5.82 Å². The predicted octanol–water partition coefficient (Wildman–Crippen LogP) is 8.46. The molecule has 0 radical (unpaired) electrons. The molecule has 0 amide bonds. The standard InChI is InChI=1S/C30H18N4S2/c1-3-11-19(12-4-1)28-31-32-30(33(28)20-13-5-2-6-14-20)34-23-17-9-7-15-21(23)27-26(34)25-22-16-8-10-18-24(22)35-29(25)36-27/h1-18H. The van der Waals surface area contributed by atoms with Crippen LogP contribution in [-0.4, -0.2) is 19.3 Å². The Kier molecular flexibility index (Phi) is 4.23. The first-order valence-electron chi connectivity index (χ1n) is 11.8. The van der Waals surface area contributed by atoms with Crippen LogP contribution in [0.15, 0.2) is 109 Å². The smallest absolute Gasteiger partial charge is 0.241 e. The van der Waals surface area contributed by atoms with E-state index < -0.39 is 0 Å². The highest BCUT2D eigenvalue weighted by atomic mass is 32.2. The summed E-state index contributed by atoms with van der Waals surface area (Å²) in [6, 6.07) is 38.0. The number of para-hydroxylation sites is 2. The molecule has 8 aromatic rings. The van der Waals surface area contributed by atoms with E-state index in [9.17, 15) is 0 Å². The molecule has 0 spiro atoms. The van der Waals surface area contributed by atoms with Crippen molar-refractivity contribution in [1.82, 2.24) is 19.3 Å². The fourth-order valence-corrected chi connectivity index (χ4v) is 7.86. The predicted molar refractivity (Wildman–Crippen MR) is 152 cm³/mol. The summed E-state index contributed by atoms with van der Waals surface area (Å²) in [7, 11) is 0. The highest BCUT2D eigenvalue weighted by molar-refractivity contribution is 7.45. The Morgan fingerprint density at radius 2 is 1.28 bits per heavy atom. The van der Waals surface area contributed by atoms with Crippen LogP contribution in [0.5, 0.6) is 0 Å². The summed E-state index contributed by atoms with van der Waals surface area (Å²) in [5.41, 5.74) is 4.41. The number of hydrogen-bond donors (Lipinski definition) is 0. The Labute approximate surface area is 214 Å². The number of benzene rings is 4. The lowest BCUT2D eigenvalue weighted by molar-refractivity contribution is 0.935. The number of hydrogen-bond acceptors (Lipinski definition) is 4. The van der Waals surface area contributed by atoms with E-state index in [0.717, 1.165) is 28.5 Å². The van der Waals surface area contributed by atoms with Crippen molar-refractivity contribution in [2.24, 2.45) is 0 Å². The Hall–Kier alpha value is -4.26. The van der Waals surface area contributed by atoms with Gasteiger partial charge in [-0.15, -0.1) is 32.9 Å². The molecule has 0 N–H and O–H groups in total. The summed E-state index contributed by atoms with van der Waals surface area (Å²) < 4.78 is 8.44. The summed E-state index contributed by atoms with van der Waals surface area (Å²) in [6.07, 6.45) is 0. The molecule has 0 aliphatic heterocycles. The van der Waals surface area contributed by atoms with Crippen molar-refractivity contribution in [3.05, 3.63) is 109 Å². The van der Waals surface area contributed by atoms with Crippen molar-refractivity contribution < 1.29 is 0 Å². The van der Waals surface area contributed by atoms with E-state index in [1.807, 2.05) is 46.9 Å². The van der Waals surface area contributed by atoms with Gasteiger partial charge in [0.2, 0.25) is 5.95 Å². The molecule has 4 aromatic heterocycles. The monoisotopic (exact) mass is 498 g/mol. The SMILES string of the molecule is c1ccc(-c2nnc(-n3c4ccccc4c4sc5sc6ccccc6c5c43)n2-c2ccccc2)cc1. The molecule has 0 aliphatic rings. The molecule has 4 aromatic carbocycles. The lowest BCUT2D eigenvalue weighted by Gasteiger charge is -2.13. The number of thiophene rings is 2. The topological polar surface area (TPSA) is 35.6 Å². The summed E-state index contributed by atoms with van der Waals surface area (Å²) >= 11 is 3.75. The summed E-state index contributed by atoms with van der Waals surface area (Å²) in [5.74, 6) is 1.62. The fourth-order valence-electron chi connectivity index (χ4n) is 5.17. The minimum atomic E-state index is 0.793. The summed E-state index contributed by atoms with van der Waals surface area (Å²) in [6.45, 7) is 0. The largest absolute Gasteiger partial charge is 0.276 e. The average Bonchev–Trinajstić information content (AvgIpc) is 3.68. The maximum absolute atomic E-state index is 4.85. The van der Waals surface area contributed by atoms with Gasteiger partial charge >= 0.3 is 0 Å². The van der Waals surface area contributed by atoms with E-state index in [1.165, 1.54) is 35.1 Å². The van der Waals surface area contributed by atoms with Crippen molar-refractivity contribution in [1.29, 1.82) is 0 Å². The van der Waals surface area contributed by atoms with Gasteiger partial charge in [-0.1, -0.05) is 84.9 Å². The van der Waals surface area contributed by atoms with Gasteiger partial charge in [0.05, 0.1) is 25.4 Å². The van der Waals surface area contributed by atoms with Crippen LogP contribution in [-0.2, 0) is 0 Å². The molecule has 4 heterocycles. The Bertz CT molecular complexity index is 2040. The van der Waals surface area contributed by atoms with Crippen molar-refractivity contribution >= 4 is 63.3 Å². The van der Waals surface area contributed by atoms with Crippen LogP contribution in [0, 0.1) is 0 Å². The molecule has 0 fully saturated rings. The minimum absolute atomic E-state index is 0.793. The molecular formula is C30H18N4S2. The number of nitrogens with zero attached hydrogens (tertiary/aromatic N) is 4. The Morgan fingerprint density at radius 3 is 2.11 bits per heavy atom.